The Balaban J connectivity index is 2.33. The van der Waals surface area contributed by atoms with Gasteiger partial charge in [0.2, 0.25) is 5.89 Å². The van der Waals surface area contributed by atoms with Crippen LogP contribution in [0.5, 0.6) is 0 Å². The highest BCUT2D eigenvalue weighted by molar-refractivity contribution is 5.47. The second-order valence-electron chi connectivity index (χ2n) is 2.75. The van der Waals surface area contributed by atoms with Crippen molar-refractivity contribution in [2.75, 3.05) is 0 Å². The van der Waals surface area contributed by atoms with Crippen molar-refractivity contribution in [2.45, 2.75) is 6.54 Å². The number of rotatable bonds is 2. The molecule has 2 aromatic heterocycles. The molecule has 6 nitrogen and oxygen atoms in total. The van der Waals surface area contributed by atoms with Gasteiger partial charge in [0, 0.05) is 6.20 Å². The topological polar surface area (TPSA) is 102 Å². The molecule has 74 valence electrons. The van der Waals surface area contributed by atoms with Crippen molar-refractivity contribution in [1.82, 2.24) is 15.2 Å². The third-order valence-corrected chi connectivity index (χ3v) is 1.75. The standard InChI is InChI=1S/C9H7N5O/c10-3-6-1-2-7(12-5-6)9-14-13-8(4-11)15-9/h1-2,5H,4,11H2. The molecular formula is C9H7N5O. The Morgan fingerprint density at radius 1 is 1.40 bits per heavy atom. The summed E-state index contributed by atoms with van der Waals surface area (Å²) in [4.78, 5) is 4.01. The molecule has 0 aliphatic rings. The second-order valence-corrected chi connectivity index (χ2v) is 2.75. The van der Waals surface area contributed by atoms with Gasteiger partial charge in [-0.3, -0.25) is 0 Å². The number of nitrogens with zero attached hydrogens (tertiary/aromatic N) is 4. The minimum absolute atomic E-state index is 0.198. The first-order valence-electron chi connectivity index (χ1n) is 4.22. The van der Waals surface area contributed by atoms with Crippen LogP contribution in [0.25, 0.3) is 11.6 Å². The van der Waals surface area contributed by atoms with Crippen molar-refractivity contribution in [3.8, 4) is 17.7 Å². The first-order chi connectivity index (χ1) is 7.33. The fraction of sp³-hybridized carbons (Fsp3) is 0.111. The van der Waals surface area contributed by atoms with Crippen LogP contribution < -0.4 is 5.73 Å². The average molecular weight is 201 g/mol. The molecule has 0 aromatic carbocycles. The molecule has 2 heterocycles. The maximum Gasteiger partial charge on any atom is 0.266 e. The molecule has 0 radical (unpaired) electrons. The Bertz CT molecular complexity index is 496. The lowest BCUT2D eigenvalue weighted by molar-refractivity contribution is 0.507. The normalized spacial score (nSPS) is 9.87. The molecule has 0 amide bonds. The Kier molecular flexibility index (Phi) is 2.39. The second kappa shape index (κ2) is 3.86. The maximum atomic E-state index is 8.58. The van der Waals surface area contributed by atoms with Crippen molar-refractivity contribution < 1.29 is 4.42 Å². The number of hydrogen-bond acceptors (Lipinski definition) is 6. The van der Waals surface area contributed by atoms with E-state index in [9.17, 15) is 0 Å². The summed E-state index contributed by atoms with van der Waals surface area (Å²) in [7, 11) is 0. The number of aromatic nitrogens is 3. The van der Waals surface area contributed by atoms with E-state index < -0.39 is 0 Å². The highest BCUT2D eigenvalue weighted by atomic mass is 16.4. The molecule has 0 saturated heterocycles. The number of nitrogens with two attached hydrogens (primary N) is 1. The molecule has 0 saturated carbocycles. The molecule has 2 N–H and O–H groups in total. The van der Waals surface area contributed by atoms with Crippen LogP contribution in [-0.4, -0.2) is 15.2 Å². The molecule has 0 fully saturated rings. The van der Waals surface area contributed by atoms with E-state index in [0.717, 1.165) is 0 Å². The van der Waals surface area contributed by atoms with E-state index in [1.807, 2.05) is 6.07 Å². The maximum absolute atomic E-state index is 8.58. The highest BCUT2D eigenvalue weighted by Crippen LogP contribution is 2.14. The van der Waals surface area contributed by atoms with Gasteiger partial charge in [-0.1, -0.05) is 0 Å². The minimum atomic E-state index is 0.198. The van der Waals surface area contributed by atoms with Gasteiger partial charge in [0.15, 0.2) is 0 Å². The first kappa shape index (κ1) is 9.30. The van der Waals surface area contributed by atoms with Gasteiger partial charge in [0.05, 0.1) is 12.1 Å². The van der Waals surface area contributed by atoms with Crippen molar-refractivity contribution in [1.29, 1.82) is 5.26 Å². The van der Waals surface area contributed by atoms with Crippen LogP contribution in [0.15, 0.2) is 22.7 Å². The Hall–Kier alpha value is -2.26. The third-order valence-electron chi connectivity index (χ3n) is 1.75. The van der Waals surface area contributed by atoms with Crippen molar-refractivity contribution in [3.05, 3.63) is 29.8 Å². The predicted octanol–water partition coefficient (Wildman–Crippen LogP) is 0.462. The summed E-state index contributed by atoms with van der Waals surface area (Å²) in [6.45, 7) is 0.198. The van der Waals surface area contributed by atoms with Crippen LogP contribution in [-0.2, 0) is 6.54 Å². The third kappa shape index (κ3) is 1.82. The summed E-state index contributed by atoms with van der Waals surface area (Å²) in [5, 5.41) is 16.1. The summed E-state index contributed by atoms with van der Waals surface area (Å²) in [5.41, 5.74) is 6.34. The zero-order valence-corrected chi connectivity index (χ0v) is 7.71. The van der Waals surface area contributed by atoms with Gasteiger partial charge in [0.25, 0.3) is 5.89 Å². The van der Waals surface area contributed by atoms with E-state index in [0.29, 0.717) is 23.0 Å². The quantitative estimate of drug-likeness (QED) is 0.757. The Morgan fingerprint density at radius 2 is 2.27 bits per heavy atom. The van der Waals surface area contributed by atoms with Crippen LogP contribution >= 0.6 is 0 Å². The van der Waals surface area contributed by atoms with Gasteiger partial charge in [-0.25, -0.2) is 4.98 Å². The van der Waals surface area contributed by atoms with Crippen molar-refractivity contribution >= 4 is 0 Å². The van der Waals surface area contributed by atoms with Crippen LogP contribution in [0.3, 0.4) is 0 Å². The zero-order chi connectivity index (χ0) is 10.7. The molecule has 0 spiro atoms. The fourth-order valence-corrected chi connectivity index (χ4v) is 1.03. The van der Waals surface area contributed by atoms with Crippen LogP contribution in [0.4, 0.5) is 0 Å². The number of hydrogen-bond donors (Lipinski definition) is 1. The molecule has 0 unspecified atom stereocenters. The Morgan fingerprint density at radius 3 is 2.80 bits per heavy atom. The molecule has 2 rings (SSSR count). The summed E-state index contributed by atoms with van der Waals surface area (Å²) < 4.78 is 5.20. The summed E-state index contributed by atoms with van der Waals surface area (Å²) in [6.07, 6.45) is 1.45. The smallest absolute Gasteiger partial charge is 0.266 e. The first-order valence-corrected chi connectivity index (χ1v) is 4.22. The number of pyridine rings is 1. The lowest BCUT2D eigenvalue weighted by Crippen LogP contribution is -1.95. The van der Waals surface area contributed by atoms with E-state index in [-0.39, 0.29) is 6.54 Å². The molecule has 0 aliphatic carbocycles. The lowest BCUT2D eigenvalue weighted by atomic mass is 10.3. The number of nitriles is 1. The molecule has 0 atom stereocenters. The van der Waals surface area contributed by atoms with Gasteiger partial charge >= 0.3 is 0 Å². The van der Waals surface area contributed by atoms with Gasteiger partial charge in [-0.15, -0.1) is 10.2 Å². The molecule has 2 aromatic rings. The summed E-state index contributed by atoms with van der Waals surface area (Å²) in [6, 6.07) is 5.25. The van der Waals surface area contributed by atoms with Crippen LogP contribution in [0.2, 0.25) is 0 Å². The minimum Gasteiger partial charge on any atom is -0.418 e. The van der Waals surface area contributed by atoms with Crippen LogP contribution in [0, 0.1) is 11.3 Å². The van der Waals surface area contributed by atoms with E-state index in [1.165, 1.54) is 6.20 Å². The monoisotopic (exact) mass is 201 g/mol. The molecule has 0 bridgehead atoms. The van der Waals surface area contributed by atoms with Gasteiger partial charge in [0.1, 0.15) is 11.8 Å². The van der Waals surface area contributed by atoms with Crippen molar-refractivity contribution in [3.63, 3.8) is 0 Å². The highest BCUT2D eigenvalue weighted by Gasteiger charge is 2.08. The van der Waals surface area contributed by atoms with Crippen LogP contribution in [0.1, 0.15) is 11.5 Å². The van der Waals surface area contributed by atoms with Gasteiger partial charge in [-0.2, -0.15) is 5.26 Å². The molecule has 0 aliphatic heterocycles. The molecular weight excluding hydrogens is 194 g/mol. The SMILES string of the molecule is N#Cc1ccc(-c2nnc(CN)o2)nc1. The summed E-state index contributed by atoms with van der Waals surface area (Å²) in [5.74, 6) is 0.663. The van der Waals surface area contributed by atoms with E-state index in [1.54, 1.807) is 12.1 Å². The fourth-order valence-electron chi connectivity index (χ4n) is 1.03. The Labute approximate surface area is 85.4 Å². The zero-order valence-electron chi connectivity index (χ0n) is 7.71. The predicted molar refractivity (Wildman–Crippen MR) is 50.1 cm³/mol. The summed E-state index contributed by atoms with van der Waals surface area (Å²) >= 11 is 0. The average Bonchev–Trinajstić information content (AvgIpc) is 2.78. The van der Waals surface area contributed by atoms with Crippen molar-refractivity contribution in [2.24, 2.45) is 5.73 Å². The van der Waals surface area contributed by atoms with E-state index in [4.69, 9.17) is 15.4 Å². The van der Waals surface area contributed by atoms with E-state index >= 15 is 0 Å². The van der Waals surface area contributed by atoms with Gasteiger partial charge < -0.3 is 10.2 Å². The largest absolute Gasteiger partial charge is 0.418 e. The molecule has 15 heavy (non-hydrogen) atoms. The molecule has 6 heteroatoms. The van der Waals surface area contributed by atoms with E-state index in [2.05, 4.69) is 15.2 Å². The van der Waals surface area contributed by atoms with Gasteiger partial charge in [-0.05, 0) is 12.1 Å². The lowest BCUT2D eigenvalue weighted by Gasteiger charge is -1.92.